The summed E-state index contributed by atoms with van der Waals surface area (Å²) < 4.78 is 6.95. The molecular formula is C11H17N5O. The van der Waals surface area contributed by atoms with Crippen molar-refractivity contribution < 1.29 is 4.52 Å². The van der Waals surface area contributed by atoms with Crippen LogP contribution in [-0.2, 0) is 13.1 Å². The first kappa shape index (κ1) is 11.8. The van der Waals surface area contributed by atoms with Gasteiger partial charge >= 0.3 is 0 Å². The molecule has 0 fully saturated rings. The Morgan fingerprint density at radius 1 is 1.47 bits per heavy atom. The standard InChI is InChI=1S/C11H17N5O/c1-8(2)13-6-11-12-4-5-16(11)7-10-14-9(3)17-15-10/h4-5,8,13H,6-7H2,1-3H3. The van der Waals surface area contributed by atoms with Crippen LogP contribution in [0.25, 0.3) is 0 Å². The highest BCUT2D eigenvalue weighted by Gasteiger charge is 2.07. The van der Waals surface area contributed by atoms with Crippen molar-refractivity contribution in [2.75, 3.05) is 0 Å². The molecule has 0 aliphatic rings. The van der Waals surface area contributed by atoms with Gasteiger partial charge in [0.1, 0.15) is 5.82 Å². The van der Waals surface area contributed by atoms with E-state index in [-0.39, 0.29) is 0 Å². The summed E-state index contributed by atoms with van der Waals surface area (Å²) in [6, 6.07) is 0.438. The monoisotopic (exact) mass is 235 g/mol. The van der Waals surface area contributed by atoms with Gasteiger partial charge in [0.2, 0.25) is 5.89 Å². The molecule has 0 atom stereocenters. The zero-order valence-corrected chi connectivity index (χ0v) is 10.3. The van der Waals surface area contributed by atoms with Crippen LogP contribution in [-0.4, -0.2) is 25.7 Å². The highest BCUT2D eigenvalue weighted by atomic mass is 16.5. The minimum Gasteiger partial charge on any atom is -0.340 e. The summed E-state index contributed by atoms with van der Waals surface area (Å²) in [7, 11) is 0. The SMILES string of the molecule is Cc1nc(Cn2ccnc2CNC(C)C)no1. The maximum Gasteiger partial charge on any atom is 0.223 e. The van der Waals surface area contributed by atoms with E-state index in [2.05, 4.69) is 34.3 Å². The molecule has 0 saturated carbocycles. The van der Waals surface area contributed by atoms with Gasteiger partial charge in [-0.2, -0.15) is 4.98 Å². The zero-order valence-electron chi connectivity index (χ0n) is 10.3. The molecule has 0 bridgehead atoms. The third-order valence-corrected chi connectivity index (χ3v) is 2.35. The molecule has 2 aromatic heterocycles. The van der Waals surface area contributed by atoms with Gasteiger partial charge in [0.15, 0.2) is 5.82 Å². The summed E-state index contributed by atoms with van der Waals surface area (Å²) in [5, 5.41) is 7.20. The van der Waals surface area contributed by atoms with Crippen molar-refractivity contribution >= 4 is 0 Å². The van der Waals surface area contributed by atoms with Gasteiger partial charge in [0.05, 0.1) is 13.1 Å². The van der Waals surface area contributed by atoms with Crippen LogP contribution in [0.4, 0.5) is 0 Å². The van der Waals surface area contributed by atoms with E-state index in [1.807, 2.05) is 10.8 Å². The number of hydrogen-bond acceptors (Lipinski definition) is 5. The quantitative estimate of drug-likeness (QED) is 0.841. The Morgan fingerprint density at radius 2 is 2.29 bits per heavy atom. The van der Waals surface area contributed by atoms with Crippen molar-refractivity contribution in [2.45, 2.75) is 39.9 Å². The Hall–Kier alpha value is -1.69. The van der Waals surface area contributed by atoms with E-state index in [1.165, 1.54) is 0 Å². The molecule has 0 unspecified atom stereocenters. The average molecular weight is 235 g/mol. The summed E-state index contributed by atoms with van der Waals surface area (Å²) in [6.07, 6.45) is 3.70. The van der Waals surface area contributed by atoms with Crippen molar-refractivity contribution in [3.05, 3.63) is 29.9 Å². The predicted molar refractivity (Wildman–Crippen MR) is 62.3 cm³/mol. The van der Waals surface area contributed by atoms with Crippen molar-refractivity contribution in [2.24, 2.45) is 0 Å². The Balaban J connectivity index is 2.03. The normalized spacial score (nSPS) is 11.3. The number of aromatic nitrogens is 4. The lowest BCUT2D eigenvalue weighted by molar-refractivity contribution is 0.385. The number of aryl methyl sites for hydroxylation is 1. The van der Waals surface area contributed by atoms with E-state index in [9.17, 15) is 0 Å². The molecule has 0 amide bonds. The van der Waals surface area contributed by atoms with Crippen LogP contribution in [0.3, 0.4) is 0 Å². The van der Waals surface area contributed by atoms with Crippen LogP contribution in [0.15, 0.2) is 16.9 Å². The molecule has 0 aliphatic heterocycles. The van der Waals surface area contributed by atoms with E-state index in [0.717, 1.165) is 12.4 Å². The van der Waals surface area contributed by atoms with Crippen LogP contribution in [0.2, 0.25) is 0 Å². The predicted octanol–water partition coefficient (Wildman–Crippen LogP) is 1.12. The molecule has 6 nitrogen and oxygen atoms in total. The van der Waals surface area contributed by atoms with E-state index in [4.69, 9.17) is 4.52 Å². The molecule has 6 heteroatoms. The first-order valence-electron chi connectivity index (χ1n) is 5.67. The molecule has 1 N–H and O–H groups in total. The second kappa shape index (κ2) is 5.09. The number of nitrogens with zero attached hydrogens (tertiary/aromatic N) is 4. The molecule has 0 aromatic carbocycles. The van der Waals surface area contributed by atoms with Crippen LogP contribution < -0.4 is 5.32 Å². The molecule has 2 rings (SSSR count). The molecule has 0 aliphatic carbocycles. The molecular weight excluding hydrogens is 218 g/mol. The lowest BCUT2D eigenvalue weighted by Gasteiger charge is -2.09. The highest BCUT2D eigenvalue weighted by Crippen LogP contribution is 2.03. The van der Waals surface area contributed by atoms with Gasteiger partial charge in [-0.3, -0.25) is 0 Å². The van der Waals surface area contributed by atoms with Crippen molar-refractivity contribution in [3.63, 3.8) is 0 Å². The molecule has 17 heavy (non-hydrogen) atoms. The van der Waals surface area contributed by atoms with Crippen LogP contribution in [0.5, 0.6) is 0 Å². The molecule has 92 valence electrons. The zero-order chi connectivity index (χ0) is 12.3. The number of imidazole rings is 1. The summed E-state index contributed by atoms with van der Waals surface area (Å²) >= 11 is 0. The van der Waals surface area contributed by atoms with E-state index < -0.39 is 0 Å². The fourth-order valence-electron chi connectivity index (χ4n) is 1.50. The second-order valence-corrected chi connectivity index (χ2v) is 4.24. The fraction of sp³-hybridized carbons (Fsp3) is 0.545. The minimum atomic E-state index is 0.438. The van der Waals surface area contributed by atoms with Gasteiger partial charge in [-0.05, 0) is 0 Å². The topological polar surface area (TPSA) is 68.8 Å². The van der Waals surface area contributed by atoms with Crippen molar-refractivity contribution in [3.8, 4) is 0 Å². The molecule has 0 radical (unpaired) electrons. The minimum absolute atomic E-state index is 0.438. The maximum atomic E-state index is 4.94. The Kier molecular flexibility index (Phi) is 3.53. The second-order valence-electron chi connectivity index (χ2n) is 4.24. The van der Waals surface area contributed by atoms with E-state index in [1.54, 1.807) is 13.1 Å². The average Bonchev–Trinajstić information content (AvgIpc) is 2.86. The van der Waals surface area contributed by atoms with Gasteiger partial charge in [0.25, 0.3) is 0 Å². The van der Waals surface area contributed by atoms with Gasteiger partial charge in [-0.25, -0.2) is 4.98 Å². The van der Waals surface area contributed by atoms with Gasteiger partial charge in [0, 0.05) is 25.4 Å². The smallest absolute Gasteiger partial charge is 0.223 e. The van der Waals surface area contributed by atoms with Gasteiger partial charge < -0.3 is 14.4 Å². The number of rotatable bonds is 5. The maximum absolute atomic E-state index is 4.94. The first-order chi connectivity index (χ1) is 8.15. The largest absolute Gasteiger partial charge is 0.340 e. The van der Waals surface area contributed by atoms with Gasteiger partial charge in [-0.1, -0.05) is 19.0 Å². The molecule has 0 saturated heterocycles. The third kappa shape index (κ3) is 3.13. The van der Waals surface area contributed by atoms with Crippen LogP contribution in [0.1, 0.15) is 31.4 Å². The van der Waals surface area contributed by atoms with Crippen LogP contribution in [0, 0.1) is 6.92 Å². The molecule has 2 aromatic rings. The Morgan fingerprint density at radius 3 is 2.94 bits per heavy atom. The summed E-state index contributed by atoms with van der Waals surface area (Å²) in [4.78, 5) is 8.48. The lowest BCUT2D eigenvalue weighted by Crippen LogP contribution is -2.24. The van der Waals surface area contributed by atoms with E-state index >= 15 is 0 Å². The van der Waals surface area contributed by atoms with Crippen molar-refractivity contribution in [1.82, 2.24) is 25.0 Å². The molecule has 0 spiro atoms. The Labute approximate surface area is 100 Å². The van der Waals surface area contributed by atoms with Gasteiger partial charge in [-0.15, -0.1) is 0 Å². The van der Waals surface area contributed by atoms with Crippen molar-refractivity contribution in [1.29, 1.82) is 0 Å². The Bertz CT molecular complexity index is 474. The highest BCUT2D eigenvalue weighted by molar-refractivity contribution is 4.96. The molecule has 2 heterocycles. The summed E-state index contributed by atoms with van der Waals surface area (Å²) in [6.45, 7) is 7.32. The fourth-order valence-corrected chi connectivity index (χ4v) is 1.50. The van der Waals surface area contributed by atoms with Crippen LogP contribution >= 0.6 is 0 Å². The van der Waals surface area contributed by atoms with E-state index in [0.29, 0.717) is 24.3 Å². The number of nitrogens with one attached hydrogen (secondary N) is 1. The third-order valence-electron chi connectivity index (χ3n) is 2.35. The summed E-state index contributed by atoms with van der Waals surface area (Å²) in [5.74, 6) is 2.23. The summed E-state index contributed by atoms with van der Waals surface area (Å²) in [5.41, 5.74) is 0. The lowest BCUT2D eigenvalue weighted by atomic mass is 10.4. The first-order valence-corrected chi connectivity index (χ1v) is 5.67. The number of hydrogen-bond donors (Lipinski definition) is 1.